The number of nitrogens with one attached hydrogen (secondary N) is 1. The Balaban J connectivity index is 1.98. The lowest BCUT2D eigenvalue weighted by atomic mass is 10.1. The quantitative estimate of drug-likeness (QED) is 0.794. The van der Waals surface area contributed by atoms with Gasteiger partial charge in [0.2, 0.25) is 0 Å². The van der Waals surface area contributed by atoms with E-state index in [1.807, 2.05) is 4.90 Å². The van der Waals surface area contributed by atoms with Gasteiger partial charge in [-0.3, -0.25) is 0 Å². The number of carbonyl (C=O) groups is 1. The number of nitrogens with zero attached hydrogens (tertiary/aromatic N) is 1. The van der Waals surface area contributed by atoms with Crippen LogP contribution in [0.1, 0.15) is 32.1 Å². The molecule has 0 spiro atoms. The van der Waals surface area contributed by atoms with Crippen molar-refractivity contribution in [2.45, 2.75) is 32.1 Å². The molecule has 1 aliphatic rings. The molecular formula is C14H18Cl2N2O. The first kappa shape index (κ1) is 14.5. The van der Waals surface area contributed by atoms with Gasteiger partial charge in [-0.25, -0.2) is 4.79 Å². The molecule has 0 unspecified atom stereocenters. The molecule has 2 rings (SSSR count). The number of hydrogen-bond acceptors (Lipinski definition) is 1. The third-order valence-electron chi connectivity index (χ3n) is 3.32. The van der Waals surface area contributed by atoms with Crippen molar-refractivity contribution < 1.29 is 4.79 Å². The molecular weight excluding hydrogens is 283 g/mol. The minimum Gasteiger partial charge on any atom is -0.325 e. The lowest BCUT2D eigenvalue weighted by Gasteiger charge is -2.25. The van der Waals surface area contributed by atoms with Crippen LogP contribution >= 0.6 is 23.2 Å². The maximum Gasteiger partial charge on any atom is 0.321 e. The van der Waals surface area contributed by atoms with Crippen LogP contribution in [0.3, 0.4) is 0 Å². The van der Waals surface area contributed by atoms with Crippen LogP contribution in [-0.4, -0.2) is 24.0 Å². The van der Waals surface area contributed by atoms with Crippen molar-refractivity contribution in [3.8, 4) is 0 Å². The number of carbonyl (C=O) groups excluding carboxylic acids is 1. The van der Waals surface area contributed by atoms with Crippen molar-refractivity contribution in [1.82, 2.24) is 4.90 Å². The van der Waals surface area contributed by atoms with Gasteiger partial charge in [-0.1, -0.05) is 42.5 Å². The number of hydrogen-bond donors (Lipinski definition) is 1. The predicted octanol–water partition coefficient (Wildman–Crippen LogP) is 4.79. The Kier molecular flexibility index (Phi) is 5.34. The van der Waals surface area contributed by atoms with Crippen molar-refractivity contribution in [3.63, 3.8) is 0 Å². The zero-order valence-corrected chi connectivity index (χ0v) is 12.3. The van der Waals surface area contributed by atoms with Crippen LogP contribution in [0.5, 0.6) is 0 Å². The van der Waals surface area contributed by atoms with Crippen molar-refractivity contribution >= 4 is 34.9 Å². The van der Waals surface area contributed by atoms with E-state index in [1.165, 1.54) is 19.3 Å². The van der Waals surface area contributed by atoms with Gasteiger partial charge in [0.1, 0.15) is 0 Å². The summed E-state index contributed by atoms with van der Waals surface area (Å²) in [7, 11) is 0. The second-order valence-electron chi connectivity index (χ2n) is 4.81. The predicted molar refractivity (Wildman–Crippen MR) is 80.1 cm³/mol. The van der Waals surface area contributed by atoms with Gasteiger partial charge < -0.3 is 10.2 Å². The lowest BCUT2D eigenvalue weighted by Crippen LogP contribution is -2.37. The highest BCUT2D eigenvalue weighted by Crippen LogP contribution is 2.25. The van der Waals surface area contributed by atoms with E-state index in [4.69, 9.17) is 23.2 Å². The first-order valence-electron chi connectivity index (χ1n) is 6.68. The van der Waals surface area contributed by atoms with Gasteiger partial charge in [0.05, 0.1) is 10.7 Å². The summed E-state index contributed by atoms with van der Waals surface area (Å²) in [5.41, 5.74) is 0.609. The molecule has 1 N–H and O–H groups in total. The summed E-state index contributed by atoms with van der Waals surface area (Å²) in [4.78, 5) is 14.1. The fourth-order valence-electron chi connectivity index (χ4n) is 2.24. The first-order valence-corrected chi connectivity index (χ1v) is 7.43. The smallest absolute Gasteiger partial charge is 0.321 e. The number of amides is 2. The van der Waals surface area contributed by atoms with E-state index in [0.29, 0.717) is 15.7 Å². The van der Waals surface area contributed by atoms with E-state index in [1.54, 1.807) is 18.2 Å². The monoisotopic (exact) mass is 300 g/mol. The molecule has 19 heavy (non-hydrogen) atoms. The largest absolute Gasteiger partial charge is 0.325 e. The van der Waals surface area contributed by atoms with Gasteiger partial charge in [-0.2, -0.15) is 0 Å². The van der Waals surface area contributed by atoms with Gasteiger partial charge in [-0.05, 0) is 31.0 Å². The van der Waals surface area contributed by atoms with Crippen LogP contribution in [-0.2, 0) is 0 Å². The Hall–Kier alpha value is -0.930. The molecule has 1 aliphatic heterocycles. The van der Waals surface area contributed by atoms with Crippen LogP contribution < -0.4 is 5.32 Å². The normalized spacial score (nSPS) is 16.6. The van der Waals surface area contributed by atoms with Crippen LogP contribution in [0.15, 0.2) is 18.2 Å². The molecule has 5 heteroatoms. The summed E-state index contributed by atoms with van der Waals surface area (Å²) in [5.74, 6) is 0. The summed E-state index contributed by atoms with van der Waals surface area (Å²) in [6, 6.07) is 5.00. The van der Waals surface area contributed by atoms with Crippen molar-refractivity contribution in [2.75, 3.05) is 18.4 Å². The molecule has 1 fully saturated rings. The molecule has 1 aromatic rings. The van der Waals surface area contributed by atoms with Gasteiger partial charge in [0, 0.05) is 18.1 Å². The molecule has 104 valence electrons. The van der Waals surface area contributed by atoms with Crippen LogP contribution in [0.25, 0.3) is 0 Å². The van der Waals surface area contributed by atoms with Crippen LogP contribution in [0, 0.1) is 0 Å². The maximum atomic E-state index is 12.2. The van der Waals surface area contributed by atoms with Gasteiger partial charge in [0.25, 0.3) is 0 Å². The summed E-state index contributed by atoms with van der Waals surface area (Å²) in [6.07, 6.45) is 5.82. The average Bonchev–Trinajstić information content (AvgIpc) is 2.32. The van der Waals surface area contributed by atoms with Crippen molar-refractivity contribution in [2.24, 2.45) is 0 Å². The van der Waals surface area contributed by atoms with Gasteiger partial charge in [0.15, 0.2) is 0 Å². The Labute approximate surface area is 123 Å². The highest BCUT2D eigenvalue weighted by molar-refractivity contribution is 6.36. The summed E-state index contributed by atoms with van der Waals surface area (Å²) < 4.78 is 0. The standard InChI is InChI=1S/C14H18Cl2N2O/c15-11-6-7-13(12(16)10-11)17-14(19)18-8-4-2-1-3-5-9-18/h6-7,10H,1-5,8-9H2,(H,17,19). The van der Waals surface area contributed by atoms with E-state index in [-0.39, 0.29) is 6.03 Å². The number of likely N-dealkylation sites (tertiary alicyclic amines) is 1. The molecule has 0 radical (unpaired) electrons. The highest BCUT2D eigenvalue weighted by atomic mass is 35.5. The van der Waals surface area contributed by atoms with Gasteiger partial charge in [-0.15, -0.1) is 0 Å². The molecule has 2 amide bonds. The third kappa shape index (κ3) is 4.29. The van der Waals surface area contributed by atoms with E-state index < -0.39 is 0 Å². The molecule has 0 aliphatic carbocycles. The minimum absolute atomic E-state index is 0.0777. The summed E-state index contributed by atoms with van der Waals surface area (Å²) in [6.45, 7) is 1.63. The highest BCUT2D eigenvalue weighted by Gasteiger charge is 2.15. The molecule has 0 atom stereocenters. The second kappa shape index (κ2) is 7.01. The minimum atomic E-state index is -0.0777. The second-order valence-corrected chi connectivity index (χ2v) is 5.65. The number of benzene rings is 1. The fraction of sp³-hybridized carbons (Fsp3) is 0.500. The number of anilines is 1. The fourth-order valence-corrected chi connectivity index (χ4v) is 2.69. The summed E-state index contributed by atoms with van der Waals surface area (Å²) in [5, 5.41) is 3.88. The molecule has 1 aromatic carbocycles. The topological polar surface area (TPSA) is 32.3 Å². The Morgan fingerprint density at radius 1 is 1.05 bits per heavy atom. The molecule has 1 heterocycles. The van der Waals surface area contributed by atoms with E-state index >= 15 is 0 Å². The zero-order valence-electron chi connectivity index (χ0n) is 10.8. The van der Waals surface area contributed by atoms with E-state index in [9.17, 15) is 4.79 Å². The Morgan fingerprint density at radius 3 is 2.32 bits per heavy atom. The molecule has 0 bridgehead atoms. The van der Waals surface area contributed by atoms with E-state index in [2.05, 4.69) is 5.32 Å². The lowest BCUT2D eigenvalue weighted by molar-refractivity contribution is 0.206. The number of urea groups is 1. The van der Waals surface area contributed by atoms with E-state index in [0.717, 1.165) is 25.9 Å². The number of halogens is 2. The van der Waals surface area contributed by atoms with Crippen molar-refractivity contribution in [3.05, 3.63) is 28.2 Å². The summed E-state index contributed by atoms with van der Waals surface area (Å²) >= 11 is 11.9. The maximum absolute atomic E-state index is 12.2. The van der Waals surface area contributed by atoms with Crippen LogP contribution in [0.2, 0.25) is 10.0 Å². The zero-order chi connectivity index (χ0) is 13.7. The Bertz CT molecular complexity index is 443. The third-order valence-corrected chi connectivity index (χ3v) is 3.86. The van der Waals surface area contributed by atoms with Crippen molar-refractivity contribution in [1.29, 1.82) is 0 Å². The van der Waals surface area contributed by atoms with Crippen LogP contribution in [0.4, 0.5) is 10.5 Å². The first-order chi connectivity index (χ1) is 9.16. The molecule has 0 aromatic heterocycles. The number of rotatable bonds is 1. The van der Waals surface area contributed by atoms with Gasteiger partial charge >= 0.3 is 6.03 Å². The molecule has 3 nitrogen and oxygen atoms in total. The Morgan fingerprint density at radius 2 is 1.68 bits per heavy atom. The SMILES string of the molecule is O=C(Nc1ccc(Cl)cc1Cl)N1CCCCCCC1. The average molecular weight is 301 g/mol. The molecule has 0 saturated carbocycles. The molecule has 1 saturated heterocycles.